The van der Waals surface area contributed by atoms with Crippen molar-refractivity contribution in [3.63, 3.8) is 0 Å². The van der Waals surface area contributed by atoms with Gasteiger partial charge in [0.1, 0.15) is 11.3 Å². The standard InChI is InChI=1S/C25H30N2O3/c1-17-6-11-22-20(14-24(28)30-25(22)18(17)2)15-26-16-23(27-12-4-5-13-27)19-7-9-21(29-3)10-8-19/h6-11,14,23,26H,4-5,12-13,15-16H2,1-3H3/t23-/m0/s1. The highest BCUT2D eigenvalue weighted by molar-refractivity contribution is 5.83. The van der Waals surface area contributed by atoms with Crippen molar-refractivity contribution >= 4 is 11.0 Å². The maximum Gasteiger partial charge on any atom is 0.336 e. The van der Waals surface area contributed by atoms with Gasteiger partial charge in [0.25, 0.3) is 0 Å². The number of ether oxygens (including phenoxy) is 1. The van der Waals surface area contributed by atoms with Crippen LogP contribution in [-0.4, -0.2) is 31.6 Å². The highest BCUT2D eigenvalue weighted by Gasteiger charge is 2.23. The van der Waals surface area contributed by atoms with Gasteiger partial charge in [0.2, 0.25) is 0 Å². The van der Waals surface area contributed by atoms with E-state index in [4.69, 9.17) is 9.15 Å². The van der Waals surface area contributed by atoms with Crippen LogP contribution in [0.25, 0.3) is 11.0 Å². The maximum atomic E-state index is 12.1. The van der Waals surface area contributed by atoms with Crippen LogP contribution in [0.5, 0.6) is 5.75 Å². The average Bonchev–Trinajstić information content (AvgIpc) is 3.29. The van der Waals surface area contributed by atoms with Crippen LogP contribution in [0.1, 0.15) is 41.1 Å². The molecule has 0 spiro atoms. The largest absolute Gasteiger partial charge is 0.497 e. The molecule has 1 N–H and O–H groups in total. The van der Waals surface area contributed by atoms with E-state index >= 15 is 0 Å². The third-order valence-corrected chi connectivity index (χ3v) is 6.25. The summed E-state index contributed by atoms with van der Waals surface area (Å²) < 4.78 is 10.8. The van der Waals surface area contributed by atoms with E-state index in [1.807, 2.05) is 26.0 Å². The minimum atomic E-state index is -0.292. The van der Waals surface area contributed by atoms with Gasteiger partial charge in [-0.25, -0.2) is 4.79 Å². The zero-order chi connectivity index (χ0) is 21.1. The van der Waals surface area contributed by atoms with E-state index < -0.39 is 0 Å². The van der Waals surface area contributed by atoms with Gasteiger partial charge in [-0.1, -0.05) is 24.3 Å². The number of aryl methyl sites for hydroxylation is 2. The minimum absolute atomic E-state index is 0.292. The van der Waals surface area contributed by atoms with Crippen molar-refractivity contribution in [1.29, 1.82) is 0 Å². The molecule has 4 rings (SSSR count). The number of nitrogens with zero attached hydrogens (tertiary/aromatic N) is 1. The Bertz CT molecular complexity index is 1070. The molecule has 0 bridgehead atoms. The molecule has 3 aromatic rings. The predicted octanol–water partition coefficient (Wildman–Crippen LogP) is 4.35. The van der Waals surface area contributed by atoms with Crippen LogP contribution in [0.3, 0.4) is 0 Å². The highest BCUT2D eigenvalue weighted by Crippen LogP contribution is 2.27. The van der Waals surface area contributed by atoms with Crippen molar-refractivity contribution in [2.45, 2.75) is 39.3 Å². The molecular weight excluding hydrogens is 376 g/mol. The van der Waals surface area contributed by atoms with E-state index in [0.717, 1.165) is 47.5 Å². The first-order valence-corrected chi connectivity index (χ1v) is 10.7. The first kappa shape index (κ1) is 20.6. The molecular formula is C25H30N2O3. The Balaban J connectivity index is 1.54. The SMILES string of the molecule is COc1ccc([C@H](CNCc2cc(=O)oc3c(C)c(C)ccc23)N2CCCC2)cc1. The monoisotopic (exact) mass is 406 g/mol. The van der Waals surface area contributed by atoms with Crippen LogP contribution < -0.4 is 15.7 Å². The Morgan fingerprint density at radius 1 is 1.10 bits per heavy atom. The summed E-state index contributed by atoms with van der Waals surface area (Å²) in [6.45, 7) is 7.73. The second-order valence-electron chi connectivity index (χ2n) is 8.14. The number of benzene rings is 2. The Hall–Kier alpha value is -2.63. The maximum absolute atomic E-state index is 12.1. The molecule has 1 fully saturated rings. The predicted molar refractivity (Wildman–Crippen MR) is 120 cm³/mol. The third-order valence-electron chi connectivity index (χ3n) is 6.25. The van der Waals surface area contributed by atoms with Crippen molar-refractivity contribution < 1.29 is 9.15 Å². The third kappa shape index (κ3) is 4.27. The Kier molecular flexibility index (Phi) is 6.21. The molecule has 2 aromatic carbocycles. The molecule has 0 saturated carbocycles. The molecule has 0 radical (unpaired) electrons. The Morgan fingerprint density at radius 3 is 2.53 bits per heavy atom. The number of hydrogen-bond donors (Lipinski definition) is 1. The van der Waals surface area contributed by atoms with Gasteiger partial charge in [-0.05, 0) is 74.2 Å². The van der Waals surface area contributed by atoms with Crippen molar-refractivity contribution in [1.82, 2.24) is 10.2 Å². The normalized spacial score (nSPS) is 15.6. The fraction of sp³-hybridized carbons (Fsp3) is 0.400. The molecule has 158 valence electrons. The van der Waals surface area contributed by atoms with Gasteiger partial charge in [-0.2, -0.15) is 0 Å². The molecule has 1 aliphatic heterocycles. The fourth-order valence-corrected chi connectivity index (χ4v) is 4.35. The summed E-state index contributed by atoms with van der Waals surface area (Å²) >= 11 is 0. The van der Waals surface area contributed by atoms with Gasteiger partial charge in [0.05, 0.1) is 7.11 Å². The number of likely N-dealkylation sites (tertiary alicyclic amines) is 1. The number of fused-ring (bicyclic) bond motifs is 1. The summed E-state index contributed by atoms with van der Waals surface area (Å²) in [4.78, 5) is 14.7. The number of rotatable bonds is 7. The first-order chi connectivity index (χ1) is 14.6. The van der Waals surface area contributed by atoms with E-state index in [0.29, 0.717) is 18.2 Å². The van der Waals surface area contributed by atoms with Gasteiger partial charge in [-0.15, -0.1) is 0 Å². The molecule has 1 aromatic heterocycles. The lowest BCUT2D eigenvalue weighted by molar-refractivity contribution is 0.238. The van der Waals surface area contributed by atoms with E-state index in [-0.39, 0.29) is 5.63 Å². The number of methoxy groups -OCH3 is 1. The van der Waals surface area contributed by atoms with Gasteiger partial charge < -0.3 is 14.5 Å². The zero-order valence-electron chi connectivity index (χ0n) is 18.0. The van der Waals surface area contributed by atoms with Crippen LogP contribution in [0.4, 0.5) is 0 Å². The summed E-state index contributed by atoms with van der Waals surface area (Å²) in [6, 6.07) is 14.4. The lowest BCUT2D eigenvalue weighted by Gasteiger charge is -2.28. The molecule has 5 heteroatoms. The molecule has 2 heterocycles. The summed E-state index contributed by atoms with van der Waals surface area (Å²) in [5, 5.41) is 4.61. The van der Waals surface area contributed by atoms with E-state index in [1.54, 1.807) is 13.2 Å². The summed E-state index contributed by atoms with van der Waals surface area (Å²) in [5.41, 5.74) is 4.84. The quantitative estimate of drug-likeness (QED) is 0.592. The van der Waals surface area contributed by atoms with E-state index in [9.17, 15) is 4.79 Å². The topological polar surface area (TPSA) is 54.7 Å². The molecule has 1 aliphatic rings. The Labute approximate surface area is 177 Å². The molecule has 30 heavy (non-hydrogen) atoms. The van der Waals surface area contributed by atoms with Gasteiger partial charge in [-0.3, -0.25) is 4.90 Å². The molecule has 1 atom stereocenters. The summed E-state index contributed by atoms with van der Waals surface area (Å²) in [6.07, 6.45) is 2.49. The second-order valence-corrected chi connectivity index (χ2v) is 8.14. The fourth-order valence-electron chi connectivity index (χ4n) is 4.35. The van der Waals surface area contributed by atoms with Crippen molar-refractivity contribution in [2.75, 3.05) is 26.7 Å². The van der Waals surface area contributed by atoms with Crippen LogP contribution in [-0.2, 0) is 6.54 Å². The Morgan fingerprint density at radius 2 is 1.83 bits per heavy atom. The lowest BCUT2D eigenvalue weighted by atomic mass is 10.0. The second kappa shape index (κ2) is 9.02. The van der Waals surface area contributed by atoms with Crippen LogP contribution in [0, 0.1) is 13.8 Å². The molecule has 0 aliphatic carbocycles. The summed E-state index contributed by atoms with van der Waals surface area (Å²) in [5.74, 6) is 0.875. The molecule has 1 saturated heterocycles. The zero-order valence-corrected chi connectivity index (χ0v) is 18.0. The van der Waals surface area contributed by atoms with E-state index in [1.165, 1.54) is 18.4 Å². The summed E-state index contributed by atoms with van der Waals surface area (Å²) in [7, 11) is 1.69. The lowest BCUT2D eigenvalue weighted by Crippen LogP contribution is -2.34. The van der Waals surface area contributed by atoms with E-state index in [2.05, 4.69) is 34.5 Å². The van der Waals surface area contributed by atoms with Crippen LogP contribution >= 0.6 is 0 Å². The van der Waals surface area contributed by atoms with Gasteiger partial charge >= 0.3 is 5.63 Å². The number of hydrogen-bond acceptors (Lipinski definition) is 5. The minimum Gasteiger partial charge on any atom is -0.497 e. The molecule has 0 unspecified atom stereocenters. The molecule has 0 amide bonds. The van der Waals surface area contributed by atoms with Gasteiger partial charge in [0, 0.05) is 30.6 Å². The van der Waals surface area contributed by atoms with Crippen LogP contribution in [0.15, 0.2) is 51.7 Å². The average molecular weight is 407 g/mol. The van der Waals surface area contributed by atoms with Crippen LogP contribution in [0.2, 0.25) is 0 Å². The highest BCUT2D eigenvalue weighted by atomic mass is 16.5. The van der Waals surface area contributed by atoms with Crippen molar-refractivity contribution in [3.05, 3.63) is 75.1 Å². The van der Waals surface area contributed by atoms with Crippen molar-refractivity contribution in [3.8, 4) is 5.75 Å². The van der Waals surface area contributed by atoms with Crippen molar-refractivity contribution in [2.24, 2.45) is 0 Å². The number of nitrogens with one attached hydrogen (secondary N) is 1. The first-order valence-electron chi connectivity index (χ1n) is 10.7. The smallest absolute Gasteiger partial charge is 0.336 e. The molecule has 5 nitrogen and oxygen atoms in total. The van der Waals surface area contributed by atoms with Gasteiger partial charge in [0.15, 0.2) is 0 Å².